The topological polar surface area (TPSA) is 53.4 Å². The Labute approximate surface area is 220 Å². The summed E-state index contributed by atoms with van der Waals surface area (Å²) in [5.41, 5.74) is 4.24. The molecule has 1 atom stereocenters. The van der Waals surface area contributed by atoms with Crippen molar-refractivity contribution in [3.05, 3.63) is 80.5 Å². The molecule has 0 fully saturated rings. The van der Waals surface area contributed by atoms with Crippen molar-refractivity contribution in [1.29, 1.82) is 0 Å². The van der Waals surface area contributed by atoms with Crippen molar-refractivity contribution in [2.24, 2.45) is 5.92 Å². The summed E-state index contributed by atoms with van der Waals surface area (Å²) >= 11 is 3.19. The summed E-state index contributed by atoms with van der Waals surface area (Å²) in [6, 6.07) is 16.2. The Bertz CT molecular complexity index is 1440. The Balaban J connectivity index is 1.56. The van der Waals surface area contributed by atoms with Crippen LogP contribution in [0.4, 0.5) is 0 Å². The summed E-state index contributed by atoms with van der Waals surface area (Å²) in [5.74, 6) is 1.96. The Kier molecular flexibility index (Phi) is 7.24. The summed E-state index contributed by atoms with van der Waals surface area (Å²) in [5, 5.41) is 1.46. The van der Waals surface area contributed by atoms with E-state index < -0.39 is 0 Å². The van der Waals surface area contributed by atoms with Crippen LogP contribution in [-0.4, -0.2) is 21.8 Å². The molecule has 7 heteroatoms. The van der Waals surface area contributed by atoms with Gasteiger partial charge in [0.1, 0.15) is 10.6 Å². The molecule has 2 aromatic heterocycles. The molecule has 0 aliphatic carbocycles. The molecule has 0 unspecified atom stereocenters. The lowest BCUT2D eigenvalue weighted by Crippen LogP contribution is -2.28. The van der Waals surface area contributed by atoms with Crippen molar-refractivity contribution >= 4 is 33.3 Å². The van der Waals surface area contributed by atoms with Crippen molar-refractivity contribution in [3.8, 4) is 11.4 Å². The first kappa shape index (κ1) is 25.1. The molecule has 36 heavy (non-hydrogen) atoms. The van der Waals surface area contributed by atoms with Gasteiger partial charge in [-0.3, -0.25) is 9.36 Å². The lowest BCUT2D eigenvalue weighted by molar-refractivity contribution is 0.00200. The van der Waals surface area contributed by atoms with E-state index in [-0.39, 0.29) is 17.8 Å². The molecular weight excluding hydrogens is 488 g/mol. The van der Waals surface area contributed by atoms with E-state index in [2.05, 4.69) is 32.0 Å². The maximum Gasteiger partial charge on any atom is 0.267 e. The van der Waals surface area contributed by atoms with Crippen LogP contribution in [0, 0.1) is 12.8 Å². The van der Waals surface area contributed by atoms with Gasteiger partial charge in [-0.1, -0.05) is 49.9 Å². The fourth-order valence-corrected chi connectivity index (χ4v) is 6.64. The highest BCUT2D eigenvalue weighted by Crippen LogP contribution is 2.36. The minimum absolute atomic E-state index is 0.00990. The van der Waals surface area contributed by atoms with Crippen LogP contribution in [0.15, 0.2) is 58.5 Å². The Morgan fingerprint density at radius 1 is 1.17 bits per heavy atom. The third-order valence-corrected chi connectivity index (χ3v) is 8.49. The fraction of sp³-hybridized carbons (Fsp3) is 0.379. The number of hydrogen-bond acceptors (Lipinski definition) is 6. The second kappa shape index (κ2) is 10.4. The van der Waals surface area contributed by atoms with E-state index in [1.807, 2.05) is 51.1 Å². The highest BCUT2D eigenvalue weighted by Gasteiger charge is 2.28. The van der Waals surface area contributed by atoms with Gasteiger partial charge in [0.25, 0.3) is 5.56 Å². The van der Waals surface area contributed by atoms with Crippen molar-refractivity contribution in [1.82, 2.24) is 9.55 Å². The van der Waals surface area contributed by atoms with Gasteiger partial charge in [0, 0.05) is 17.1 Å². The van der Waals surface area contributed by atoms with Crippen molar-refractivity contribution in [2.45, 2.75) is 70.8 Å². The second-order valence-corrected chi connectivity index (χ2v) is 12.0. The summed E-state index contributed by atoms with van der Waals surface area (Å²) < 4.78 is 13.7. The van der Waals surface area contributed by atoms with Gasteiger partial charge in [-0.05, 0) is 67.6 Å². The molecule has 4 aromatic rings. The van der Waals surface area contributed by atoms with E-state index >= 15 is 0 Å². The van der Waals surface area contributed by atoms with Crippen LogP contribution in [0.25, 0.3) is 15.9 Å². The number of nitrogens with zero attached hydrogens (tertiary/aromatic N) is 2. The largest absolute Gasteiger partial charge is 0.491 e. The van der Waals surface area contributed by atoms with Gasteiger partial charge in [-0.2, -0.15) is 0 Å². The Morgan fingerprint density at radius 2 is 1.94 bits per heavy atom. The van der Waals surface area contributed by atoms with Gasteiger partial charge < -0.3 is 9.47 Å². The lowest BCUT2D eigenvalue weighted by atomic mass is 9.96. The van der Waals surface area contributed by atoms with Gasteiger partial charge in [0.2, 0.25) is 0 Å². The predicted octanol–water partition coefficient (Wildman–Crippen LogP) is 6.93. The smallest absolute Gasteiger partial charge is 0.267 e. The number of fused-ring (bicyclic) bond motifs is 3. The number of hydrogen-bond donors (Lipinski definition) is 0. The summed E-state index contributed by atoms with van der Waals surface area (Å²) in [6.45, 7) is 11.0. The van der Waals surface area contributed by atoms with Gasteiger partial charge in [-0.25, -0.2) is 4.98 Å². The van der Waals surface area contributed by atoms with Crippen LogP contribution in [-0.2, 0) is 23.5 Å². The molecule has 0 spiro atoms. The maximum atomic E-state index is 14.1. The monoisotopic (exact) mass is 520 g/mol. The van der Waals surface area contributed by atoms with Crippen molar-refractivity contribution in [3.63, 3.8) is 0 Å². The fourth-order valence-electron chi connectivity index (χ4n) is 4.51. The van der Waals surface area contributed by atoms with Crippen LogP contribution in [0.3, 0.4) is 0 Å². The number of thiophene rings is 1. The average molecular weight is 521 g/mol. The zero-order valence-corrected chi connectivity index (χ0v) is 23.0. The summed E-state index contributed by atoms with van der Waals surface area (Å²) in [7, 11) is 0. The van der Waals surface area contributed by atoms with E-state index in [1.54, 1.807) is 27.7 Å². The van der Waals surface area contributed by atoms with Crippen molar-refractivity contribution < 1.29 is 9.47 Å². The van der Waals surface area contributed by atoms with E-state index in [0.717, 1.165) is 49.6 Å². The van der Waals surface area contributed by atoms with E-state index in [9.17, 15) is 4.79 Å². The van der Waals surface area contributed by atoms with E-state index in [0.29, 0.717) is 23.4 Å². The first-order valence-corrected chi connectivity index (χ1v) is 14.2. The minimum atomic E-state index is 0.00990. The Morgan fingerprint density at radius 3 is 2.64 bits per heavy atom. The highest BCUT2D eigenvalue weighted by atomic mass is 32.2. The summed E-state index contributed by atoms with van der Waals surface area (Å²) in [6.07, 6.45) is 1.02. The molecule has 0 bridgehead atoms. The van der Waals surface area contributed by atoms with Gasteiger partial charge in [-0.15, -0.1) is 11.3 Å². The quantitative estimate of drug-likeness (QED) is 0.195. The van der Waals surface area contributed by atoms with Crippen LogP contribution in [0.5, 0.6) is 5.75 Å². The second-order valence-electron chi connectivity index (χ2n) is 9.95. The van der Waals surface area contributed by atoms with Crippen molar-refractivity contribution in [2.75, 3.05) is 0 Å². The predicted molar refractivity (Wildman–Crippen MR) is 149 cm³/mol. The number of ether oxygens (including phenoxy) is 2. The lowest BCUT2D eigenvalue weighted by Gasteiger charge is -2.26. The van der Waals surface area contributed by atoms with E-state index in [4.69, 9.17) is 14.5 Å². The molecule has 1 aliphatic rings. The minimum Gasteiger partial charge on any atom is -0.491 e. The third kappa shape index (κ3) is 5.10. The number of aromatic nitrogens is 2. The first-order valence-electron chi connectivity index (χ1n) is 12.4. The zero-order valence-electron chi connectivity index (χ0n) is 21.4. The molecule has 0 N–H and O–H groups in total. The first-order chi connectivity index (χ1) is 17.3. The van der Waals surface area contributed by atoms with Crippen LogP contribution in [0.1, 0.15) is 49.3 Å². The SMILES string of the molecule is Cc1cccc(-n2c(SCc3ccc(OC(C)C)cc3)nc3sc4c(c3c2=O)C[C@@H](C(C)C)OC4)c1. The maximum absolute atomic E-state index is 14.1. The van der Waals surface area contributed by atoms with Crippen LogP contribution >= 0.6 is 23.1 Å². The highest BCUT2D eigenvalue weighted by molar-refractivity contribution is 7.98. The molecule has 5 nitrogen and oxygen atoms in total. The molecule has 0 saturated carbocycles. The number of aryl methyl sites for hydroxylation is 1. The zero-order chi connectivity index (χ0) is 25.4. The third-order valence-electron chi connectivity index (χ3n) is 6.38. The molecule has 2 aromatic carbocycles. The van der Waals surface area contributed by atoms with Gasteiger partial charge in [0.05, 0.1) is 29.9 Å². The molecule has 3 heterocycles. The van der Waals surface area contributed by atoms with Gasteiger partial charge >= 0.3 is 0 Å². The molecule has 0 amide bonds. The van der Waals surface area contributed by atoms with E-state index in [1.165, 1.54) is 0 Å². The molecule has 0 saturated heterocycles. The molecule has 188 valence electrons. The summed E-state index contributed by atoms with van der Waals surface area (Å²) in [4.78, 5) is 21.1. The van der Waals surface area contributed by atoms with Crippen LogP contribution < -0.4 is 10.3 Å². The molecule has 0 radical (unpaired) electrons. The number of rotatable bonds is 7. The molecule has 5 rings (SSSR count). The number of benzene rings is 2. The molecule has 1 aliphatic heterocycles. The standard InChI is InChI=1S/C29H32N2O3S2/c1-17(2)24-14-23-25(15-33-24)36-27-26(23)28(32)31(21-8-6-7-19(5)13-21)29(30-27)35-16-20-9-11-22(12-10-20)34-18(3)4/h6-13,17-18,24H,14-16H2,1-5H3/t24-/m0/s1. The molecular formula is C29H32N2O3S2. The van der Waals surface area contributed by atoms with Crippen LogP contribution in [0.2, 0.25) is 0 Å². The normalized spacial score (nSPS) is 15.6. The van der Waals surface area contributed by atoms with Gasteiger partial charge in [0.15, 0.2) is 5.16 Å². The average Bonchev–Trinajstić information content (AvgIpc) is 3.21. The number of thioether (sulfide) groups is 1. The Hall–Kier alpha value is -2.61.